The van der Waals surface area contributed by atoms with E-state index in [-0.39, 0.29) is 0 Å². The molecule has 0 radical (unpaired) electrons. The van der Waals surface area contributed by atoms with Gasteiger partial charge in [0, 0.05) is 48.2 Å². The third kappa shape index (κ3) is 5.00. The quantitative estimate of drug-likeness (QED) is 0.184. The zero-order valence-corrected chi connectivity index (χ0v) is 22.5. The molecule has 0 bridgehead atoms. The molecule has 0 amide bonds. The van der Waals surface area contributed by atoms with Crippen LogP contribution in [-0.2, 0) is 13.1 Å². The van der Waals surface area contributed by atoms with E-state index in [2.05, 4.69) is 96.8 Å². The van der Waals surface area contributed by atoms with Crippen molar-refractivity contribution in [2.75, 3.05) is 0 Å². The first-order valence-corrected chi connectivity index (χ1v) is 13.2. The minimum atomic E-state index is 0.682. The number of aromatic nitrogens is 6. The second-order valence-electron chi connectivity index (χ2n) is 9.70. The summed E-state index contributed by atoms with van der Waals surface area (Å²) in [5.74, 6) is 0.682. The highest BCUT2D eigenvalue weighted by molar-refractivity contribution is 5.96. The van der Waals surface area contributed by atoms with Crippen molar-refractivity contribution in [3.63, 3.8) is 0 Å². The zero-order valence-electron chi connectivity index (χ0n) is 22.5. The number of allylic oxidation sites excluding steroid dienone is 1. The first kappa shape index (κ1) is 25.2. The van der Waals surface area contributed by atoms with E-state index >= 15 is 0 Å². The van der Waals surface area contributed by atoms with E-state index in [1.807, 2.05) is 49.1 Å². The summed E-state index contributed by atoms with van der Waals surface area (Å²) in [7, 11) is 0. The number of pyridine rings is 1. The average molecular weight is 527 g/mol. The van der Waals surface area contributed by atoms with Crippen molar-refractivity contribution in [3.8, 4) is 22.5 Å². The Morgan fingerprint density at radius 1 is 1.02 bits per heavy atom. The molecule has 8 nitrogen and oxygen atoms in total. The lowest BCUT2D eigenvalue weighted by Gasteiger charge is -2.08. The highest BCUT2D eigenvalue weighted by Crippen LogP contribution is 2.35. The number of fused-ring (bicyclic) bond motifs is 1. The lowest BCUT2D eigenvalue weighted by atomic mass is 10.0. The number of rotatable bonds is 9. The average Bonchev–Trinajstić information content (AvgIpc) is 3.72. The Bertz CT molecular complexity index is 1820. The first-order valence-electron chi connectivity index (χ1n) is 13.2. The van der Waals surface area contributed by atoms with Crippen LogP contribution in [0.15, 0.2) is 96.6 Å². The second-order valence-corrected chi connectivity index (χ2v) is 9.70. The van der Waals surface area contributed by atoms with E-state index in [0.29, 0.717) is 5.82 Å². The van der Waals surface area contributed by atoms with Crippen LogP contribution in [0.4, 0.5) is 5.82 Å². The topological polar surface area (TPSA) is 99.6 Å². The van der Waals surface area contributed by atoms with Gasteiger partial charge in [0.1, 0.15) is 11.5 Å². The van der Waals surface area contributed by atoms with Crippen LogP contribution in [-0.4, -0.2) is 36.4 Å². The Balaban J connectivity index is 1.30. The van der Waals surface area contributed by atoms with Crippen LogP contribution in [0.2, 0.25) is 0 Å². The van der Waals surface area contributed by atoms with Gasteiger partial charge in [-0.2, -0.15) is 5.10 Å². The summed E-state index contributed by atoms with van der Waals surface area (Å²) < 4.78 is 1.99. The Labute approximate surface area is 232 Å². The van der Waals surface area contributed by atoms with Crippen molar-refractivity contribution in [3.05, 3.63) is 114 Å². The molecule has 4 aromatic heterocycles. The molecule has 6 aromatic rings. The molecule has 0 spiro atoms. The molecule has 0 aliphatic rings. The van der Waals surface area contributed by atoms with Gasteiger partial charge in [0.2, 0.25) is 0 Å². The van der Waals surface area contributed by atoms with Gasteiger partial charge in [-0.25, -0.2) is 9.98 Å². The molecule has 0 unspecified atom stereocenters. The molecule has 0 aliphatic carbocycles. The fourth-order valence-electron chi connectivity index (χ4n) is 4.98. The Morgan fingerprint density at radius 3 is 2.65 bits per heavy atom. The zero-order chi connectivity index (χ0) is 27.5. The Kier molecular flexibility index (Phi) is 6.91. The molecule has 0 atom stereocenters. The molecule has 6 rings (SSSR count). The summed E-state index contributed by atoms with van der Waals surface area (Å²) in [6.07, 6.45) is 9.65. The number of nitrogens with one attached hydrogen (secondary N) is 3. The Hall–Kier alpha value is -5.08. The molecular weight excluding hydrogens is 496 g/mol. The molecule has 40 heavy (non-hydrogen) atoms. The van der Waals surface area contributed by atoms with Crippen LogP contribution in [0, 0.1) is 6.92 Å². The van der Waals surface area contributed by atoms with Crippen molar-refractivity contribution >= 4 is 29.1 Å². The molecule has 2 aromatic carbocycles. The predicted octanol–water partition coefficient (Wildman–Crippen LogP) is 6.66. The van der Waals surface area contributed by atoms with Crippen LogP contribution in [0.1, 0.15) is 29.3 Å². The van der Waals surface area contributed by atoms with Crippen LogP contribution in [0.3, 0.4) is 0 Å². The van der Waals surface area contributed by atoms with Gasteiger partial charge >= 0.3 is 0 Å². The van der Waals surface area contributed by atoms with Gasteiger partial charge in [-0.1, -0.05) is 42.5 Å². The van der Waals surface area contributed by atoms with Crippen molar-refractivity contribution in [2.45, 2.75) is 26.9 Å². The maximum atomic E-state index is 4.66. The van der Waals surface area contributed by atoms with E-state index in [1.54, 1.807) is 6.33 Å². The van der Waals surface area contributed by atoms with Crippen molar-refractivity contribution in [1.82, 2.24) is 35.0 Å². The van der Waals surface area contributed by atoms with Crippen LogP contribution >= 0.6 is 0 Å². The minimum absolute atomic E-state index is 0.682. The molecule has 198 valence electrons. The monoisotopic (exact) mass is 526 g/mol. The molecule has 0 fully saturated rings. The Morgan fingerprint density at radius 2 is 1.88 bits per heavy atom. The number of aliphatic imine (C=N–C) groups is 1. The summed E-state index contributed by atoms with van der Waals surface area (Å²) in [5, 5.41) is 12.3. The number of aryl methyl sites for hydroxylation is 1. The third-order valence-corrected chi connectivity index (χ3v) is 6.94. The van der Waals surface area contributed by atoms with Gasteiger partial charge in [0.15, 0.2) is 0 Å². The number of hydrogen-bond acceptors (Lipinski definition) is 5. The summed E-state index contributed by atoms with van der Waals surface area (Å²) in [6.45, 7) is 9.31. The number of aromatic amines is 2. The molecule has 3 N–H and O–H groups in total. The van der Waals surface area contributed by atoms with Gasteiger partial charge in [-0.05, 0) is 61.5 Å². The van der Waals surface area contributed by atoms with Gasteiger partial charge in [0.05, 0.1) is 28.9 Å². The van der Waals surface area contributed by atoms with Gasteiger partial charge in [-0.3, -0.25) is 10.1 Å². The largest absolute Gasteiger partial charge is 0.338 e. The normalized spacial score (nSPS) is 11.8. The highest BCUT2D eigenvalue weighted by atomic mass is 15.1. The van der Waals surface area contributed by atoms with Crippen LogP contribution in [0.25, 0.3) is 39.1 Å². The van der Waals surface area contributed by atoms with Gasteiger partial charge in [0.25, 0.3) is 0 Å². The highest BCUT2D eigenvalue weighted by Gasteiger charge is 2.18. The SMILES string of the molecule is C=Nc1[nH]c(-c2n[nH]c3ccc(-c4cncc(CNCc5ccccc5)c4)cc23)cc1/C(=C\C)n1cnc(C)c1. The fourth-order valence-corrected chi connectivity index (χ4v) is 4.98. The number of benzene rings is 2. The number of hydrogen-bond donors (Lipinski definition) is 3. The van der Waals surface area contributed by atoms with E-state index in [4.69, 9.17) is 0 Å². The van der Waals surface area contributed by atoms with Crippen LogP contribution in [0.5, 0.6) is 0 Å². The minimum Gasteiger partial charge on any atom is -0.338 e. The second kappa shape index (κ2) is 11.0. The molecule has 8 heteroatoms. The number of H-pyrrole nitrogens is 2. The maximum absolute atomic E-state index is 4.66. The van der Waals surface area contributed by atoms with Gasteiger partial charge < -0.3 is 14.9 Å². The first-order chi connectivity index (χ1) is 19.6. The molecular formula is C32H30N8. The van der Waals surface area contributed by atoms with Crippen LogP contribution < -0.4 is 5.32 Å². The molecule has 4 heterocycles. The van der Waals surface area contributed by atoms with E-state index in [1.165, 1.54) is 5.56 Å². The lowest BCUT2D eigenvalue weighted by Crippen LogP contribution is -2.12. The molecule has 0 aliphatic heterocycles. The summed E-state index contributed by atoms with van der Waals surface area (Å²) in [4.78, 5) is 16.6. The van der Waals surface area contributed by atoms with Crippen molar-refractivity contribution in [2.24, 2.45) is 4.99 Å². The smallest absolute Gasteiger partial charge is 0.139 e. The number of imidazole rings is 1. The van der Waals surface area contributed by atoms with E-state index in [9.17, 15) is 0 Å². The van der Waals surface area contributed by atoms with Gasteiger partial charge in [-0.15, -0.1) is 0 Å². The van der Waals surface area contributed by atoms with Crippen molar-refractivity contribution in [1.29, 1.82) is 0 Å². The maximum Gasteiger partial charge on any atom is 0.139 e. The van der Waals surface area contributed by atoms with Crippen molar-refractivity contribution < 1.29 is 0 Å². The third-order valence-electron chi connectivity index (χ3n) is 6.94. The summed E-state index contributed by atoms with van der Waals surface area (Å²) in [5.41, 5.74) is 9.98. The van der Waals surface area contributed by atoms with E-state index in [0.717, 1.165) is 69.0 Å². The summed E-state index contributed by atoms with van der Waals surface area (Å²) in [6, 6.07) is 21.0. The lowest BCUT2D eigenvalue weighted by molar-refractivity contribution is 0.691. The fraction of sp³-hybridized carbons (Fsp3) is 0.125. The number of nitrogens with zero attached hydrogens (tertiary/aromatic N) is 5. The summed E-state index contributed by atoms with van der Waals surface area (Å²) >= 11 is 0. The molecule has 0 saturated carbocycles. The van der Waals surface area contributed by atoms with E-state index < -0.39 is 0 Å². The predicted molar refractivity (Wildman–Crippen MR) is 161 cm³/mol. The standard InChI is InChI=1S/C32H30N8/c1-4-30(40-19-21(2)36-20-40)27-14-29(37-32(27)33-3)31-26-13-24(10-11-28(26)38-39-31)25-12-23(17-35-18-25)16-34-15-22-8-6-5-7-9-22/h4-14,17-20,34,37H,3,15-16H2,1-2H3,(H,38,39)/b30-4+. The molecule has 0 saturated heterocycles.